The average molecular weight is 269 g/mol. The summed E-state index contributed by atoms with van der Waals surface area (Å²) in [5.41, 5.74) is 2.89. The predicted molar refractivity (Wildman–Crippen MR) is 83.7 cm³/mol. The standard InChI is InChI=1S/C17H23N3/c1-17(12-18-2)7-9-20(13-17)11-14-5-6-16-15(10-14)4-3-8-19-16/h3-6,8,10,18H,7,9,11-13H2,1-2H3. The van der Waals surface area contributed by atoms with E-state index in [1.165, 1.54) is 30.5 Å². The van der Waals surface area contributed by atoms with Crippen LogP contribution >= 0.6 is 0 Å². The van der Waals surface area contributed by atoms with Gasteiger partial charge in [-0.05, 0) is 49.2 Å². The van der Waals surface area contributed by atoms with Crippen molar-refractivity contribution < 1.29 is 0 Å². The number of hydrogen-bond donors (Lipinski definition) is 1. The van der Waals surface area contributed by atoms with Gasteiger partial charge in [-0.25, -0.2) is 0 Å². The SMILES string of the molecule is CNCC1(C)CCN(Cc2ccc3ncccc3c2)C1. The van der Waals surface area contributed by atoms with Crippen molar-refractivity contribution in [2.75, 3.05) is 26.7 Å². The third-order valence-corrected chi connectivity index (χ3v) is 4.31. The number of fused-ring (bicyclic) bond motifs is 1. The Balaban J connectivity index is 1.71. The Morgan fingerprint density at radius 2 is 2.25 bits per heavy atom. The first-order chi connectivity index (χ1) is 9.68. The Kier molecular flexibility index (Phi) is 3.72. The Bertz CT molecular complexity index is 596. The largest absolute Gasteiger partial charge is 0.319 e. The lowest BCUT2D eigenvalue weighted by atomic mass is 9.90. The first-order valence-electron chi connectivity index (χ1n) is 7.39. The molecule has 1 unspecified atom stereocenters. The molecule has 0 radical (unpaired) electrons. The minimum atomic E-state index is 0.424. The summed E-state index contributed by atoms with van der Waals surface area (Å²) in [6, 6.07) is 10.8. The molecule has 0 amide bonds. The lowest BCUT2D eigenvalue weighted by Gasteiger charge is -2.24. The molecular weight excluding hydrogens is 246 g/mol. The average Bonchev–Trinajstić information content (AvgIpc) is 2.80. The van der Waals surface area contributed by atoms with Gasteiger partial charge >= 0.3 is 0 Å². The van der Waals surface area contributed by atoms with Gasteiger partial charge in [-0.15, -0.1) is 0 Å². The minimum Gasteiger partial charge on any atom is -0.319 e. The molecule has 0 spiro atoms. The normalized spacial score (nSPS) is 23.5. The summed E-state index contributed by atoms with van der Waals surface area (Å²) in [5.74, 6) is 0. The number of aromatic nitrogens is 1. The zero-order chi connectivity index (χ0) is 14.0. The molecular formula is C17H23N3. The van der Waals surface area contributed by atoms with Crippen LogP contribution in [0.15, 0.2) is 36.5 Å². The molecule has 1 aliphatic heterocycles. The van der Waals surface area contributed by atoms with Crippen molar-refractivity contribution in [2.24, 2.45) is 5.41 Å². The van der Waals surface area contributed by atoms with Crippen LogP contribution in [0.4, 0.5) is 0 Å². The summed E-state index contributed by atoms with van der Waals surface area (Å²) < 4.78 is 0. The van der Waals surface area contributed by atoms with Gasteiger partial charge in [-0.3, -0.25) is 9.88 Å². The number of nitrogens with one attached hydrogen (secondary N) is 1. The van der Waals surface area contributed by atoms with Gasteiger partial charge in [0.25, 0.3) is 0 Å². The van der Waals surface area contributed by atoms with Gasteiger partial charge < -0.3 is 5.32 Å². The van der Waals surface area contributed by atoms with E-state index in [2.05, 4.69) is 46.4 Å². The van der Waals surface area contributed by atoms with E-state index in [1.807, 2.05) is 19.3 Å². The van der Waals surface area contributed by atoms with Crippen LogP contribution in [0.25, 0.3) is 10.9 Å². The molecule has 2 aromatic rings. The van der Waals surface area contributed by atoms with Crippen molar-refractivity contribution >= 4 is 10.9 Å². The molecule has 1 aromatic heterocycles. The number of hydrogen-bond acceptors (Lipinski definition) is 3. The monoisotopic (exact) mass is 269 g/mol. The van der Waals surface area contributed by atoms with E-state index >= 15 is 0 Å². The minimum absolute atomic E-state index is 0.424. The Morgan fingerprint density at radius 1 is 1.35 bits per heavy atom. The topological polar surface area (TPSA) is 28.2 Å². The van der Waals surface area contributed by atoms with Crippen molar-refractivity contribution in [1.82, 2.24) is 15.2 Å². The van der Waals surface area contributed by atoms with Crippen molar-refractivity contribution in [1.29, 1.82) is 0 Å². The molecule has 0 aliphatic carbocycles. The Hall–Kier alpha value is -1.45. The predicted octanol–water partition coefficient (Wildman–Crippen LogP) is 2.67. The van der Waals surface area contributed by atoms with Crippen LogP contribution in [0.3, 0.4) is 0 Å². The van der Waals surface area contributed by atoms with Crippen LogP contribution in [-0.4, -0.2) is 36.6 Å². The highest BCUT2D eigenvalue weighted by Crippen LogP contribution is 2.30. The molecule has 20 heavy (non-hydrogen) atoms. The van der Waals surface area contributed by atoms with Crippen LogP contribution < -0.4 is 5.32 Å². The smallest absolute Gasteiger partial charge is 0.0702 e. The number of likely N-dealkylation sites (tertiary alicyclic amines) is 1. The number of nitrogens with zero attached hydrogens (tertiary/aromatic N) is 2. The van der Waals surface area contributed by atoms with E-state index in [0.717, 1.165) is 18.6 Å². The number of pyridine rings is 1. The third kappa shape index (κ3) is 2.84. The highest BCUT2D eigenvalue weighted by molar-refractivity contribution is 5.78. The Labute approximate surface area is 121 Å². The molecule has 3 nitrogen and oxygen atoms in total. The van der Waals surface area contributed by atoms with Gasteiger partial charge in [0.05, 0.1) is 5.52 Å². The van der Waals surface area contributed by atoms with E-state index in [1.54, 1.807) is 0 Å². The third-order valence-electron chi connectivity index (χ3n) is 4.31. The molecule has 0 saturated carbocycles. The van der Waals surface area contributed by atoms with Crippen LogP contribution in [0, 0.1) is 5.41 Å². The maximum Gasteiger partial charge on any atom is 0.0702 e. The van der Waals surface area contributed by atoms with Crippen molar-refractivity contribution in [3.63, 3.8) is 0 Å². The fourth-order valence-electron chi connectivity index (χ4n) is 3.31. The fraction of sp³-hybridized carbons (Fsp3) is 0.471. The second-order valence-corrected chi connectivity index (χ2v) is 6.33. The molecule has 106 valence electrons. The maximum atomic E-state index is 4.38. The summed E-state index contributed by atoms with van der Waals surface area (Å²) in [7, 11) is 2.05. The molecule has 0 bridgehead atoms. The second-order valence-electron chi connectivity index (χ2n) is 6.33. The maximum absolute atomic E-state index is 4.38. The van der Waals surface area contributed by atoms with E-state index in [4.69, 9.17) is 0 Å². The van der Waals surface area contributed by atoms with Crippen LogP contribution in [0.2, 0.25) is 0 Å². The zero-order valence-electron chi connectivity index (χ0n) is 12.4. The zero-order valence-corrected chi connectivity index (χ0v) is 12.4. The van der Waals surface area contributed by atoms with E-state index in [9.17, 15) is 0 Å². The summed E-state index contributed by atoms with van der Waals surface area (Å²) in [6.07, 6.45) is 3.13. The van der Waals surface area contributed by atoms with E-state index < -0.39 is 0 Å². The molecule has 1 N–H and O–H groups in total. The molecule has 1 fully saturated rings. The highest BCUT2D eigenvalue weighted by Gasteiger charge is 2.32. The van der Waals surface area contributed by atoms with E-state index in [-0.39, 0.29) is 0 Å². The summed E-state index contributed by atoms with van der Waals surface area (Å²) in [5, 5.41) is 4.56. The van der Waals surface area contributed by atoms with Gasteiger partial charge in [0, 0.05) is 31.2 Å². The first-order valence-corrected chi connectivity index (χ1v) is 7.39. The molecule has 2 heterocycles. The summed E-state index contributed by atoms with van der Waals surface area (Å²) in [4.78, 5) is 6.94. The van der Waals surface area contributed by atoms with E-state index in [0.29, 0.717) is 5.41 Å². The first kappa shape index (κ1) is 13.5. The lowest BCUT2D eigenvalue weighted by Crippen LogP contribution is -2.32. The van der Waals surface area contributed by atoms with Gasteiger partial charge in [0.2, 0.25) is 0 Å². The quantitative estimate of drug-likeness (QED) is 0.925. The second kappa shape index (κ2) is 5.51. The highest BCUT2D eigenvalue weighted by atomic mass is 15.2. The van der Waals surface area contributed by atoms with Gasteiger partial charge in [-0.1, -0.05) is 19.1 Å². The molecule has 3 heteroatoms. The van der Waals surface area contributed by atoms with Crippen LogP contribution in [-0.2, 0) is 6.54 Å². The number of rotatable bonds is 4. The van der Waals surface area contributed by atoms with Gasteiger partial charge in [-0.2, -0.15) is 0 Å². The number of benzene rings is 1. The van der Waals surface area contributed by atoms with Crippen molar-refractivity contribution in [3.05, 3.63) is 42.1 Å². The molecule has 1 aliphatic rings. The molecule has 3 rings (SSSR count). The van der Waals surface area contributed by atoms with Crippen LogP contribution in [0.1, 0.15) is 18.9 Å². The molecule has 1 saturated heterocycles. The molecule has 1 aromatic carbocycles. The lowest BCUT2D eigenvalue weighted by molar-refractivity contribution is 0.265. The fourth-order valence-corrected chi connectivity index (χ4v) is 3.31. The van der Waals surface area contributed by atoms with Crippen LogP contribution in [0.5, 0.6) is 0 Å². The molecule has 1 atom stereocenters. The van der Waals surface area contributed by atoms with Crippen molar-refractivity contribution in [2.45, 2.75) is 19.9 Å². The van der Waals surface area contributed by atoms with Crippen molar-refractivity contribution in [3.8, 4) is 0 Å². The van der Waals surface area contributed by atoms with Gasteiger partial charge in [0.1, 0.15) is 0 Å². The summed E-state index contributed by atoms with van der Waals surface area (Å²) in [6.45, 7) is 6.91. The Morgan fingerprint density at radius 3 is 3.10 bits per heavy atom. The summed E-state index contributed by atoms with van der Waals surface area (Å²) >= 11 is 0. The van der Waals surface area contributed by atoms with Gasteiger partial charge in [0.15, 0.2) is 0 Å².